The van der Waals surface area contributed by atoms with Gasteiger partial charge in [-0.3, -0.25) is 4.79 Å². The molecule has 1 N–H and O–H groups in total. The number of fused-ring (bicyclic) bond motifs is 5. The van der Waals surface area contributed by atoms with E-state index in [9.17, 15) is 9.90 Å². The molecule has 0 amide bonds. The molecule has 3 unspecified atom stereocenters. The van der Waals surface area contributed by atoms with Gasteiger partial charge in [0.15, 0.2) is 0 Å². The number of rotatable bonds is 4. The largest absolute Gasteiger partial charge is 0.396 e. The van der Waals surface area contributed by atoms with Crippen molar-refractivity contribution in [1.29, 1.82) is 0 Å². The first-order valence-corrected chi connectivity index (χ1v) is 11.2. The molecule has 4 saturated carbocycles. The van der Waals surface area contributed by atoms with Gasteiger partial charge in [-0.25, -0.2) is 0 Å². The van der Waals surface area contributed by atoms with E-state index in [1.165, 1.54) is 32.1 Å². The van der Waals surface area contributed by atoms with Gasteiger partial charge in [0, 0.05) is 31.5 Å². The fourth-order valence-corrected chi connectivity index (χ4v) is 8.06. The standard InChI is InChI=1S/C23H38O3/c1-4-11-26-21-6-5-18-17-12-15(2)20-13-16(25)7-10-23(20,14-24)19(17)8-9-22(18,21)3/h15,17-21,24H,4-14H2,1-3H3/t15?,17-,18-,19+,20?,21?,22-,23-/m0/s1. The maximum Gasteiger partial charge on any atom is 0.133 e. The first-order chi connectivity index (χ1) is 12.5. The third kappa shape index (κ3) is 2.64. The average molecular weight is 363 g/mol. The Bertz CT molecular complexity index is 546. The summed E-state index contributed by atoms with van der Waals surface area (Å²) in [4.78, 5) is 12.2. The van der Waals surface area contributed by atoms with Gasteiger partial charge >= 0.3 is 0 Å². The number of ketones is 1. The smallest absolute Gasteiger partial charge is 0.133 e. The molecule has 0 spiro atoms. The third-order valence-corrected chi connectivity index (χ3v) is 9.29. The van der Waals surface area contributed by atoms with Crippen LogP contribution in [0, 0.1) is 40.4 Å². The third-order valence-electron chi connectivity index (χ3n) is 9.29. The SMILES string of the molecule is CCCOC1CC[C@H]2[C@@H]3CC(C)C4CC(=O)CC[C@]4(CO)[C@@H]3CC[C@]12C. The molecule has 0 saturated heterocycles. The van der Waals surface area contributed by atoms with E-state index in [1.54, 1.807) is 0 Å². The zero-order chi connectivity index (χ0) is 18.5. The second-order valence-electron chi connectivity index (χ2n) is 10.3. The van der Waals surface area contributed by atoms with E-state index in [-0.39, 0.29) is 12.0 Å². The van der Waals surface area contributed by atoms with Gasteiger partial charge in [0.1, 0.15) is 5.78 Å². The Morgan fingerprint density at radius 3 is 2.69 bits per heavy atom. The molecule has 0 radical (unpaired) electrons. The molecular formula is C23H38O3. The number of carbonyl (C=O) groups excluding carboxylic acids is 1. The summed E-state index contributed by atoms with van der Waals surface area (Å²) in [5.41, 5.74) is 0.337. The van der Waals surface area contributed by atoms with Crippen molar-refractivity contribution < 1.29 is 14.6 Å². The highest BCUT2D eigenvalue weighted by Gasteiger charge is 2.63. The summed E-state index contributed by atoms with van der Waals surface area (Å²) in [7, 11) is 0. The van der Waals surface area contributed by atoms with Crippen molar-refractivity contribution >= 4 is 5.78 Å². The Kier molecular flexibility index (Phi) is 5.01. The van der Waals surface area contributed by atoms with Crippen molar-refractivity contribution in [3.05, 3.63) is 0 Å². The van der Waals surface area contributed by atoms with Crippen LogP contribution in [0.2, 0.25) is 0 Å². The Balaban J connectivity index is 1.62. The second-order valence-corrected chi connectivity index (χ2v) is 10.3. The summed E-state index contributed by atoms with van der Waals surface area (Å²) in [5.74, 6) is 3.48. The predicted molar refractivity (Wildman–Crippen MR) is 103 cm³/mol. The molecule has 0 aromatic carbocycles. The van der Waals surface area contributed by atoms with Gasteiger partial charge in [-0.05, 0) is 80.0 Å². The highest BCUT2D eigenvalue weighted by Crippen LogP contribution is 2.67. The molecule has 4 aliphatic carbocycles. The fraction of sp³-hybridized carbons (Fsp3) is 0.957. The van der Waals surface area contributed by atoms with Crippen LogP contribution in [-0.2, 0) is 9.53 Å². The number of ether oxygens (including phenoxy) is 1. The summed E-state index contributed by atoms with van der Waals surface area (Å²) in [6.45, 7) is 8.23. The first kappa shape index (κ1) is 18.9. The van der Waals surface area contributed by atoms with Gasteiger partial charge in [-0.1, -0.05) is 20.8 Å². The molecule has 3 heteroatoms. The molecule has 0 aliphatic heterocycles. The van der Waals surface area contributed by atoms with E-state index in [0.29, 0.717) is 41.5 Å². The van der Waals surface area contributed by atoms with Crippen molar-refractivity contribution in [2.75, 3.05) is 13.2 Å². The lowest BCUT2D eigenvalue weighted by molar-refractivity contribution is -0.172. The van der Waals surface area contributed by atoms with Crippen LogP contribution in [-0.4, -0.2) is 30.2 Å². The average Bonchev–Trinajstić information content (AvgIpc) is 2.97. The minimum Gasteiger partial charge on any atom is -0.396 e. The van der Waals surface area contributed by atoms with Crippen LogP contribution in [0.4, 0.5) is 0 Å². The zero-order valence-corrected chi connectivity index (χ0v) is 17.0. The maximum absolute atomic E-state index is 12.2. The zero-order valence-electron chi connectivity index (χ0n) is 17.0. The summed E-state index contributed by atoms with van der Waals surface area (Å²) >= 11 is 0. The normalized spacial score (nSPS) is 50.8. The Hall–Kier alpha value is -0.410. The minimum absolute atomic E-state index is 0.0138. The molecular weight excluding hydrogens is 324 g/mol. The number of aliphatic hydroxyl groups excluding tert-OH is 1. The van der Waals surface area contributed by atoms with Crippen LogP contribution < -0.4 is 0 Å². The van der Waals surface area contributed by atoms with Crippen LogP contribution >= 0.6 is 0 Å². The molecule has 0 aromatic heterocycles. The van der Waals surface area contributed by atoms with Crippen LogP contribution in [0.1, 0.15) is 78.6 Å². The molecule has 8 atom stereocenters. The van der Waals surface area contributed by atoms with Crippen molar-refractivity contribution in [2.24, 2.45) is 40.4 Å². The summed E-state index contributed by atoms with van der Waals surface area (Å²) < 4.78 is 6.31. The number of hydrogen-bond donors (Lipinski definition) is 1. The predicted octanol–water partition coefficient (Wildman–Crippen LogP) is 4.61. The quantitative estimate of drug-likeness (QED) is 0.794. The van der Waals surface area contributed by atoms with E-state index in [4.69, 9.17) is 4.74 Å². The van der Waals surface area contributed by atoms with Gasteiger partial charge < -0.3 is 9.84 Å². The number of aliphatic hydroxyl groups is 1. The topological polar surface area (TPSA) is 46.5 Å². The van der Waals surface area contributed by atoms with Crippen LogP contribution in [0.25, 0.3) is 0 Å². The molecule has 4 rings (SSSR count). The number of carbonyl (C=O) groups is 1. The van der Waals surface area contributed by atoms with Crippen LogP contribution in [0.15, 0.2) is 0 Å². The van der Waals surface area contributed by atoms with Crippen molar-refractivity contribution in [1.82, 2.24) is 0 Å². The van der Waals surface area contributed by atoms with Crippen molar-refractivity contribution in [3.63, 3.8) is 0 Å². The first-order valence-electron chi connectivity index (χ1n) is 11.2. The lowest BCUT2D eigenvalue weighted by atomic mass is 9.43. The summed E-state index contributed by atoms with van der Waals surface area (Å²) in [6, 6.07) is 0. The van der Waals surface area contributed by atoms with Gasteiger partial charge in [0.05, 0.1) is 6.10 Å². The van der Waals surface area contributed by atoms with Crippen LogP contribution in [0.5, 0.6) is 0 Å². The monoisotopic (exact) mass is 362 g/mol. The van der Waals surface area contributed by atoms with E-state index in [0.717, 1.165) is 37.7 Å². The number of hydrogen-bond acceptors (Lipinski definition) is 3. The lowest BCUT2D eigenvalue weighted by Gasteiger charge is -2.62. The molecule has 0 aromatic rings. The van der Waals surface area contributed by atoms with E-state index in [2.05, 4.69) is 20.8 Å². The molecule has 4 fully saturated rings. The molecule has 148 valence electrons. The molecule has 0 heterocycles. The Labute approximate surface area is 159 Å². The highest BCUT2D eigenvalue weighted by molar-refractivity contribution is 5.79. The minimum atomic E-state index is 0.0138. The molecule has 26 heavy (non-hydrogen) atoms. The van der Waals surface area contributed by atoms with Crippen molar-refractivity contribution in [3.8, 4) is 0 Å². The Morgan fingerprint density at radius 1 is 1.15 bits per heavy atom. The molecule has 4 aliphatic rings. The summed E-state index contributed by atoms with van der Waals surface area (Å²) in [5, 5.41) is 10.6. The molecule has 3 nitrogen and oxygen atoms in total. The van der Waals surface area contributed by atoms with Gasteiger partial charge in [0.25, 0.3) is 0 Å². The van der Waals surface area contributed by atoms with E-state index in [1.807, 2.05) is 0 Å². The highest BCUT2D eigenvalue weighted by atomic mass is 16.5. The van der Waals surface area contributed by atoms with Gasteiger partial charge in [-0.2, -0.15) is 0 Å². The van der Waals surface area contributed by atoms with Gasteiger partial charge in [-0.15, -0.1) is 0 Å². The van der Waals surface area contributed by atoms with Crippen molar-refractivity contribution in [2.45, 2.75) is 84.7 Å². The lowest BCUT2D eigenvalue weighted by Crippen LogP contribution is -2.58. The second kappa shape index (κ2) is 6.88. The number of Topliss-reactive ketones (excluding diaryl/α,β-unsaturated/α-hetero) is 1. The maximum atomic E-state index is 12.2. The molecule has 0 bridgehead atoms. The summed E-state index contributed by atoms with van der Waals surface area (Å²) in [6.07, 6.45) is 10.1. The van der Waals surface area contributed by atoms with Crippen LogP contribution in [0.3, 0.4) is 0 Å². The Morgan fingerprint density at radius 2 is 1.96 bits per heavy atom. The van der Waals surface area contributed by atoms with Gasteiger partial charge in [0.2, 0.25) is 0 Å². The van der Waals surface area contributed by atoms with E-state index < -0.39 is 0 Å². The fourth-order valence-electron chi connectivity index (χ4n) is 8.06. The van der Waals surface area contributed by atoms with E-state index >= 15 is 0 Å².